The topological polar surface area (TPSA) is 19.9 Å². The van der Waals surface area contributed by atoms with E-state index in [0.717, 1.165) is 19.3 Å². The molecule has 1 aromatic rings. The van der Waals surface area contributed by atoms with Crippen LogP contribution in [-0.4, -0.2) is 6.61 Å². The van der Waals surface area contributed by atoms with E-state index in [9.17, 15) is 5.11 Å². The van der Waals surface area contributed by atoms with Crippen LogP contribution in [-0.2, 0) is 5.11 Å². The molecule has 0 aromatic heterocycles. The number of hydrogen-bond donors (Lipinski definition) is 0. The van der Waals surface area contributed by atoms with Crippen molar-refractivity contribution in [2.45, 2.75) is 32.1 Å². The summed E-state index contributed by atoms with van der Waals surface area (Å²) >= 11 is 0. The van der Waals surface area contributed by atoms with Crippen LogP contribution < -0.4 is 0 Å². The van der Waals surface area contributed by atoms with Gasteiger partial charge in [0.05, 0.1) is 6.61 Å². The minimum atomic E-state index is 0.0412. The van der Waals surface area contributed by atoms with E-state index < -0.39 is 0 Å². The van der Waals surface area contributed by atoms with E-state index in [1.165, 1.54) is 5.56 Å². The average Bonchev–Trinajstić information content (AvgIpc) is 2.19. The summed E-state index contributed by atoms with van der Waals surface area (Å²) < 4.78 is 0. The van der Waals surface area contributed by atoms with Crippen LogP contribution in [0.4, 0.5) is 0 Å². The van der Waals surface area contributed by atoms with Crippen LogP contribution in [0.25, 0.3) is 0 Å². The highest BCUT2D eigenvalue weighted by Gasteiger charge is 2.08. The fraction of sp³-hybridized carbons (Fsp3) is 0.500. The zero-order valence-electron chi connectivity index (χ0n) is 8.20. The quantitative estimate of drug-likeness (QED) is 0.657. The molecule has 13 heavy (non-hydrogen) atoms. The van der Waals surface area contributed by atoms with Gasteiger partial charge in [-0.05, 0) is 24.3 Å². The maximum atomic E-state index is 10.6. The third-order valence-electron chi connectivity index (χ3n) is 2.37. The molecule has 0 amide bonds. The highest BCUT2D eigenvalue weighted by atomic mass is 16.3. The van der Waals surface area contributed by atoms with E-state index in [1.54, 1.807) is 0 Å². The van der Waals surface area contributed by atoms with E-state index in [1.807, 2.05) is 18.2 Å². The van der Waals surface area contributed by atoms with Gasteiger partial charge in [-0.3, -0.25) is 0 Å². The van der Waals surface area contributed by atoms with E-state index in [0.29, 0.717) is 5.92 Å². The van der Waals surface area contributed by atoms with Crippen molar-refractivity contribution in [2.24, 2.45) is 0 Å². The first-order chi connectivity index (χ1) is 6.38. The molecule has 0 bridgehead atoms. The van der Waals surface area contributed by atoms with Crippen molar-refractivity contribution in [1.29, 1.82) is 0 Å². The molecule has 0 saturated carbocycles. The van der Waals surface area contributed by atoms with Crippen molar-refractivity contribution < 1.29 is 5.11 Å². The second-order valence-electron chi connectivity index (χ2n) is 3.39. The van der Waals surface area contributed by atoms with Crippen LogP contribution >= 0.6 is 0 Å². The maximum absolute atomic E-state index is 10.6. The van der Waals surface area contributed by atoms with Gasteiger partial charge >= 0.3 is 0 Å². The standard InChI is InChI=1S/C12H17O/c1-2-6-11(9-10-13)12-7-4-3-5-8-12/h3-5,7-8,11H,2,6,9-10H2,1H3. The summed E-state index contributed by atoms with van der Waals surface area (Å²) in [5.41, 5.74) is 1.32. The van der Waals surface area contributed by atoms with Gasteiger partial charge in [-0.25, -0.2) is 5.11 Å². The Kier molecular flexibility index (Phi) is 4.55. The molecule has 0 heterocycles. The molecule has 0 N–H and O–H groups in total. The van der Waals surface area contributed by atoms with Crippen LogP contribution in [0.1, 0.15) is 37.7 Å². The summed E-state index contributed by atoms with van der Waals surface area (Å²) in [4.78, 5) is 0. The Balaban J connectivity index is 2.64. The predicted molar refractivity (Wildman–Crippen MR) is 54.3 cm³/mol. The zero-order chi connectivity index (χ0) is 9.52. The lowest BCUT2D eigenvalue weighted by atomic mass is 9.92. The van der Waals surface area contributed by atoms with Crippen LogP contribution in [0.15, 0.2) is 30.3 Å². The first kappa shape index (κ1) is 10.3. The van der Waals surface area contributed by atoms with Gasteiger partial charge in [0.1, 0.15) is 0 Å². The van der Waals surface area contributed by atoms with E-state index in [-0.39, 0.29) is 6.61 Å². The fourth-order valence-electron chi connectivity index (χ4n) is 1.69. The van der Waals surface area contributed by atoms with Gasteiger partial charge in [0.25, 0.3) is 0 Å². The van der Waals surface area contributed by atoms with Gasteiger partial charge in [-0.15, -0.1) is 0 Å². The summed E-state index contributed by atoms with van der Waals surface area (Å²) in [5, 5.41) is 10.6. The lowest BCUT2D eigenvalue weighted by molar-refractivity contribution is 0.179. The molecule has 1 atom stereocenters. The highest BCUT2D eigenvalue weighted by molar-refractivity contribution is 5.19. The third kappa shape index (κ3) is 3.19. The minimum Gasteiger partial charge on any atom is -0.237 e. The first-order valence-electron chi connectivity index (χ1n) is 5.01. The normalized spacial score (nSPS) is 12.8. The molecule has 71 valence electrons. The molecule has 1 rings (SSSR count). The Morgan fingerprint density at radius 1 is 1.15 bits per heavy atom. The highest BCUT2D eigenvalue weighted by Crippen LogP contribution is 2.23. The monoisotopic (exact) mass is 177 g/mol. The van der Waals surface area contributed by atoms with Crippen molar-refractivity contribution in [3.05, 3.63) is 35.9 Å². The Hall–Kier alpha value is -0.820. The molecule has 0 aliphatic carbocycles. The van der Waals surface area contributed by atoms with Crippen molar-refractivity contribution in [3.63, 3.8) is 0 Å². The van der Waals surface area contributed by atoms with Crippen LogP contribution in [0.2, 0.25) is 0 Å². The van der Waals surface area contributed by atoms with E-state index in [4.69, 9.17) is 0 Å². The van der Waals surface area contributed by atoms with Crippen molar-refractivity contribution in [2.75, 3.05) is 6.61 Å². The largest absolute Gasteiger partial charge is 0.237 e. The average molecular weight is 177 g/mol. The molecule has 1 radical (unpaired) electrons. The van der Waals surface area contributed by atoms with Gasteiger partial charge in [0.2, 0.25) is 0 Å². The van der Waals surface area contributed by atoms with E-state index in [2.05, 4.69) is 19.1 Å². The van der Waals surface area contributed by atoms with Gasteiger partial charge in [-0.1, -0.05) is 43.7 Å². The molecule has 1 nitrogen and oxygen atoms in total. The van der Waals surface area contributed by atoms with Gasteiger partial charge in [0, 0.05) is 0 Å². The predicted octanol–water partition coefficient (Wildman–Crippen LogP) is 3.39. The van der Waals surface area contributed by atoms with E-state index >= 15 is 0 Å². The van der Waals surface area contributed by atoms with Crippen LogP contribution in [0, 0.1) is 0 Å². The molecule has 0 aliphatic heterocycles. The summed E-state index contributed by atoms with van der Waals surface area (Å²) in [7, 11) is 0. The Morgan fingerprint density at radius 2 is 1.85 bits per heavy atom. The van der Waals surface area contributed by atoms with Crippen LogP contribution in [0.5, 0.6) is 0 Å². The van der Waals surface area contributed by atoms with Gasteiger partial charge in [0.15, 0.2) is 0 Å². The molecule has 0 saturated heterocycles. The lowest BCUT2D eigenvalue weighted by Gasteiger charge is -2.14. The molecule has 1 aromatic carbocycles. The number of benzene rings is 1. The van der Waals surface area contributed by atoms with Gasteiger partial charge in [-0.2, -0.15) is 0 Å². The Morgan fingerprint density at radius 3 is 2.38 bits per heavy atom. The minimum absolute atomic E-state index is 0.0412. The molecule has 1 unspecified atom stereocenters. The molecule has 0 fully saturated rings. The first-order valence-corrected chi connectivity index (χ1v) is 5.01. The second kappa shape index (κ2) is 5.76. The molecule has 0 spiro atoms. The fourth-order valence-corrected chi connectivity index (χ4v) is 1.69. The summed E-state index contributed by atoms with van der Waals surface area (Å²) in [6.45, 7) is 2.21. The number of hydrogen-bond acceptors (Lipinski definition) is 0. The van der Waals surface area contributed by atoms with Crippen molar-refractivity contribution in [3.8, 4) is 0 Å². The summed E-state index contributed by atoms with van der Waals surface area (Å²) in [6, 6.07) is 10.3. The molecular formula is C12H17O. The smallest absolute Gasteiger partial charge is 0.0828 e. The maximum Gasteiger partial charge on any atom is 0.0828 e. The third-order valence-corrected chi connectivity index (χ3v) is 2.37. The molecular weight excluding hydrogens is 160 g/mol. The summed E-state index contributed by atoms with van der Waals surface area (Å²) in [5.74, 6) is 0.476. The van der Waals surface area contributed by atoms with Crippen molar-refractivity contribution >= 4 is 0 Å². The Labute approximate surface area is 80.4 Å². The van der Waals surface area contributed by atoms with Crippen LogP contribution in [0.3, 0.4) is 0 Å². The lowest BCUT2D eigenvalue weighted by Crippen LogP contribution is -2.00. The SMILES string of the molecule is CCCC(CC[O])c1ccccc1. The number of rotatable bonds is 5. The molecule has 1 heteroatoms. The second-order valence-corrected chi connectivity index (χ2v) is 3.39. The zero-order valence-corrected chi connectivity index (χ0v) is 8.20. The van der Waals surface area contributed by atoms with Crippen molar-refractivity contribution in [1.82, 2.24) is 0 Å². The molecule has 0 aliphatic rings. The van der Waals surface area contributed by atoms with Gasteiger partial charge < -0.3 is 0 Å². The Bertz CT molecular complexity index is 212. The summed E-state index contributed by atoms with van der Waals surface area (Å²) in [6.07, 6.45) is 3.06.